The quantitative estimate of drug-likeness (QED) is 0.0243. The number of benzene rings is 6. The van der Waals surface area contributed by atoms with E-state index in [4.69, 9.17) is 52.1 Å². The molecule has 0 aromatic heterocycles. The fraction of sp³-hybridized carbons (Fsp3) is 0.397. The van der Waals surface area contributed by atoms with Gasteiger partial charge in [-0.25, -0.2) is 9.59 Å². The minimum absolute atomic E-state index is 0.00688. The van der Waals surface area contributed by atoms with Crippen molar-refractivity contribution in [1.82, 2.24) is 10.6 Å². The molecule has 7 aliphatic rings. The molecule has 6 aromatic rings. The van der Waals surface area contributed by atoms with Gasteiger partial charge in [0.05, 0.1) is 68.8 Å². The maximum atomic E-state index is 16.0. The van der Waals surface area contributed by atoms with Gasteiger partial charge in [-0.15, -0.1) is 0 Å². The van der Waals surface area contributed by atoms with E-state index in [-0.39, 0.29) is 77.0 Å². The van der Waals surface area contributed by atoms with E-state index in [0.29, 0.717) is 22.7 Å². The van der Waals surface area contributed by atoms with E-state index in [0.717, 1.165) is 25.0 Å². The van der Waals surface area contributed by atoms with E-state index in [2.05, 4.69) is 16.0 Å². The van der Waals surface area contributed by atoms with Gasteiger partial charge in [-0.05, 0) is 120 Å². The van der Waals surface area contributed by atoms with Crippen LogP contribution in [0.25, 0.3) is 0 Å². The molecule has 2 bridgehead atoms. The van der Waals surface area contributed by atoms with Crippen molar-refractivity contribution < 1.29 is 111 Å². The minimum Gasteiger partial charge on any atom is -0.502 e. The molecule has 0 radical (unpaired) electrons. The molecule has 26 nitrogen and oxygen atoms in total. The summed E-state index contributed by atoms with van der Waals surface area (Å²) < 4.78 is 65.8. The molecule has 15 atom stereocenters. The van der Waals surface area contributed by atoms with Crippen molar-refractivity contribution in [3.8, 4) is 28.7 Å². The second-order valence-electron chi connectivity index (χ2n) is 27.9. The van der Waals surface area contributed by atoms with Crippen LogP contribution < -0.4 is 34.9 Å². The number of ether oxygens (including phenoxy) is 11. The lowest BCUT2D eigenvalue weighted by Gasteiger charge is -2.67. The number of phenolic OH excluding ortho intramolecular Hbond substituents is 1. The van der Waals surface area contributed by atoms with Gasteiger partial charge in [0.2, 0.25) is 18.6 Å². The van der Waals surface area contributed by atoms with E-state index in [1.165, 1.54) is 66.2 Å². The fourth-order valence-electron chi connectivity index (χ4n) is 16.6. The lowest BCUT2D eigenvalue weighted by Crippen LogP contribution is -2.82. The number of aliphatic hydroxyl groups is 2. The van der Waals surface area contributed by atoms with E-state index in [1.807, 2.05) is 12.1 Å². The summed E-state index contributed by atoms with van der Waals surface area (Å²) in [7, 11) is 2.83. The van der Waals surface area contributed by atoms with E-state index >= 15 is 9.59 Å². The Labute approximate surface area is 597 Å². The Bertz CT molecular complexity index is 4410. The van der Waals surface area contributed by atoms with Crippen LogP contribution in [0, 0.1) is 28.6 Å². The number of fused-ring (bicyclic) bond motifs is 8. The standard InChI is InChI=1S/C78H79N3O23/c1-39-55(35-78(93)69(103-72(90)45-22-16-11-17-23-45)67-76(6,56(84)34-57-77(67,37-97-57)104-41(3)83)68(87)65(100-40(2)82)61(39)75(78,4)5)101-74(92)66(62(42-18-12-9-13-19-42)81-71(89)43-20-14-10-15-21-43)102-58(85)28-29-79-70(88)44-24-26-47(27-25-44)80-63-49-33-52-51(98-38-99-52)32-48(49)59(60-50(63)36-96-73(60)91)46-30-53(94-7)64(86)54(31-46)95-8/h9-27,30-33,50,55-57,59-60,62-63,65-67,69,80,84,86,93H,28-29,34-38H2,1-8H3,(H,79,88)(H,81,89)/t50-,55-,56-,57+,59+,60-,62-,63+,65+,66+,67-,69-,76+,77-,78+/m0/s1. The summed E-state index contributed by atoms with van der Waals surface area (Å²) in [6, 6.07) is 35.2. The van der Waals surface area contributed by atoms with Crippen molar-refractivity contribution in [1.29, 1.82) is 0 Å². The Morgan fingerprint density at radius 1 is 0.721 bits per heavy atom. The van der Waals surface area contributed by atoms with Crippen LogP contribution in [0.3, 0.4) is 0 Å². The number of hydrogen-bond donors (Lipinski definition) is 6. The average molecular weight is 1430 g/mol. The molecular formula is C78H79N3O23. The van der Waals surface area contributed by atoms with Gasteiger partial charge in [-0.1, -0.05) is 80.6 Å². The molecule has 4 aliphatic carbocycles. The molecule has 4 fully saturated rings. The summed E-state index contributed by atoms with van der Waals surface area (Å²) in [6.07, 6.45) is -12.0. The number of aliphatic hydroxyl groups excluding tert-OH is 1. The highest BCUT2D eigenvalue weighted by molar-refractivity contribution is 5.97. The van der Waals surface area contributed by atoms with Crippen LogP contribution in [-0.2, 0) is 61.9 Å². The van der Waals surface area contributed by atoms with Crippen LogP contribution in [-0.4, -0.2) is 157 Å². The first-order valence-electron chi connectivity index (χ1n) is 34.1. The van der Waals surface area contributed by atoms with Crippen molar-refractivity contribution in [3.63, 3.8) is 0 Å². The number of methoxy groups -OCH3 is 2. The van der Waals surface area contributed by atoms with Gasteiger partial charge in [-0.2, -0.15) is 0 Å². The zero-order valence-corrected chi connectivity index (χ0v) is 58.2. The van der Waals surface area contributed by atoms with Gasteiger partial charge in [0.25, 0.3) is 11.8 Å². The monoisotopic (exact) mass is 1430 g/mol. The number of nitrogens with one attached hydrogen (secondary N) is 3. The molecule has 2 saturated carbocycles. The molecule has 13 rings (SSSR count). The number of Topliss-reactive ketones (excluding diaryl/α,β-unsaturated/α-hetero) is 1. The van der Waals surface area contributed by atoms with E-state index in [9.17, 15) is 48.9 Å². The van der Waals surface area contributed by atoms with E-state index < -0.39 is 167 Å². The number of carbonyl (C=O) groups excluding carboxylic acids is 9. The molecule has 104 heavy (non-hydrogen) atoms. The minimum atomic E-state index is -2.55. The number of cyclic esters (lactones) is 1. The number of hydrogen-bond acceptors (Lipinski definition) is 24. The van der Waals surface area contributed by atoms with Crippen LogP contribution in [0.2, 0.25) is 0 Å². The number of rotatable bonds is 20. The maximum absolute atomic E-state index is 16.0. The predicted octanol–water partition coefficient (Wildman–Crippen LogP) is 7.65. The summed E-state index contributed by atoms with van der Waals surface area (Å²) in [5.41, 5.74) is -5.16. The van der Waals surface area contributed by atoms with Crippen molar-refractivity contribution >= 4 is 59.1 Å². The first-order valence-corrected chi connectivity index (χ1v) is 34.1. The third kappa shape index (κ3) is 12.5. The Balaban J connectivity index is 0.795. The fourth-order valence-corrected chi connectivity index (χ4v) is 16.6. The number of esters is 6. The molecule has 2 saturated heterocycles. The van der Waals surface area contributed by atoms with Gasteiger partial charge in [0.15, 0.2) is 40.5 Å². The number of phenols is 1. The van der Waals surface area contributed by atoms with Crippen molar-refractivity contribution in [2.24, 2.45) is 28.6 Å². The summed E-state index contributed by atoms with van der Waals surface area (Å²) in [5.74, 6) is -10.2. The SMILES string of the molecule is COc1cc([C@@H]2c3cc4c(cc3[C@@H](Nc3ccc(C(=O)NCCC(=O)O[C@@H](C(=O)O[C@H]5C[C@@]6(O)[C@@H](OC(=O)c7ccccc7)[C@@H]7[C@]8(OC(C)=O)CO[C@@H]8C[C@H](O)[C@@]7(C)C(=O)[C@H](OC(C)=O)C(=C5C)C6(C)C)[C@@H](NC(=O)c5ccccc5)c5ccccc5)cc3)[C@H]3COC(=O)[C@H]23)OCO4)cc(OC)c1O. The van der Waals surface area contributed by atoms with Crippen LogP contribution >= 0.6 is 0 Å². The number of amides is 2. The van der Waals surface area contributed by atoms with Crippen LogP contribution in [0.15, 0.2) is 151 Å². The van der Waals surface area contributed by atoms with Crippen molar-refractivity contribution in [3.05, 3.63) is 190 Å². The van der Waals surface area contributed by atoms with Gasteiger partial charge in [0, 0.05) is 67.3 Å². The second-order valence-corrected chi connectivity index (χ2v) is 27.9. The third-order valence-corrected chi connectivity index (χ3v) is 21.8. The lowest BCUT2D eigenvalue weighted by atomic mass is 9.44. The Hall–Kier alpha value is -10.8. The number of carbonyl (C=O) groups is 9. The predicted molar refractivity (Wildman–Crippen MR) is 365 cm³/mol. The van der Waals surface area contributed by atoms with Gasteiger partial charge < -0.3 is 83.4 Å². The number of anilines is 1. The summed E-state index contributed by atoms with van der Waals surface area (Å²) in [6.45, 7) is 7.39. The summed E-state index contributed by atoms with van der Waals surface area (Å²) in [4.78, 5) is 130. The van der Waals surface area contributed by atoms with Crippen LogP contribution in [0.4, 0.5) is 5.69 Å². The highest BCUT2D eigenvalue weighted by atomic mass is 16.7. The molecule has 0 spiro atoms. The van der Waals surface area contributed by atoms with Crippen molar-refractivity contribution in [2.75, 3.05) is 46.1 Å². The zero-order valence-electron chi connectivity index (χ0n) is 58.2. The van der Waals surface area contributed by atoms with Gasteiger partial charge >= 0.3 is 35.8 Å². The Morgan fingerprint density at radius 2 is 1.34 bits per heavy atom. The van der Waals surface area contributed by atoms with Gasteiger partial charge in [0.1, 0.15) is 30.0 Å². The highest BCUT2D eigenvalue weighted by Gasteiger charge is 2.78. The smallest absolute Gasteiger partial charge is 0.350 e. The first-order chi connectivity index (χ1) is 49.7. The highest BCUT2D eigenvalue weighted by Crippen LogP contribution is 2.65. The molecular weight excluding hydrogens is 1350 g/mol. The van der Waals surface area contributed by atoms with Crippen molar-refractivity contribution in [2.45, 2.75) is 127 Å². The Morgan fingerprint density at radius 3 is 1.94 bits per heavy atom. The summed E-state index contributed by atoms with van der Waals surface area (Å²) in [5, 5.41) is 46.6. The van der Waals surface area contributed by atoms with Gasteiger partial charge in [-0.3, -0.25) is 33.6 Å². The molecule has 6 N–H and O–H groups in total. The molecule has 3 aliphatic heterocycles. The average Bonchev–Trinajstić information content (AvgIpc) is 0.705. The van der Waals surface area contributed by atoms with E-state index in [1.54, 1.807) is 103 Å². The topological polar surface area (TPSA) is 352 Å². The zero-order chi connectivity index (χ0) is 73.9. The largest absolute Gasteiger partial charge is 0.502 e. The molecule has 0 unspecified atom stereocenters. The second kappa shape index (κ2) is 28.1. The van der Waals surface area contributed by atoms with Crippen LogP contribution in [0.1, 0.15) is 132 Å². The maximum Gasteiger partial charge on any atom is 0.350 e. The normalized spacial score (nSPS) is 27.8. The number of aromatic hydroxyl groups is 1. The number of ketones is 1. The molecule has 3 heterocycles. The molecule has 26 heteroatoms. The third-order valence-electron chi connectivity index (χ3n) is 21.8. The first kappa shape index (κ1) is 71.6. The summed E-state index contributed by atoms with van der Waals surface area (Å²) >= 11 is 0. The lowest BCUT2D eigenvalue weighted by molar-refractivity contribution is -0.346. The molecule has 544 valence electrons. The molecule has 2 amide bonds. The Kier molecular flexibility index (Phi) is 19.3. The molecule has 6 aromatic carbocycles. The van der Waals surface area contributed by atoms with Crippen LogP contribution in [0.5, 0.6) is 28.7 Å².